The van der Waals surface area contributed by atoms with Gasteiger partial charge in [-0.15, -0.1) is 0 Å². The first-order chi connectivity index (χ1) is 9.62. The van der Waals surface area contributed by atoms with Crippen LogP contribution in [0.5, 0.6) is 0 Å². The van der Waals surface area contributed by atoms with E-state index in [9.17, 15) is 31.1 Å². The van der Waals surface area contributed by atoms with Crippen LogP contribution in [0.1, 0.15) is 10.4 Å². The quantitative estimate of drug-likeness (QED) is 0.616. The van der Waals surface area contributed by atoms with Crippen molar-refractivity contribution in [2.45, 2.75) is 12.4 Å². The summed E-state index contributed by atoms with van der Waals surface area (Å²) in [5.41, 5.74) is -0.508. The number of alkyl halides is 6. The van der Waals surface area contributed by atoms with Crippen molar-refractivity contribution in [3.8, 4) is 0 Å². The van der Waals surface area contributed by atoms with Crippen molar-refractivity contribution >= 4 is 16.7 Å². The molecule has 0 radical (unpaired) electrons. The molecule has 0 aliphatic carbocycles. The van der Waals surface area contributed by atoms with Gasteiger partial charge < -0.3 is 0 Å². The number of pyridine rings is 1. The second-order valence-corrected chi connectivity index (χ2v) is 4.26. The molecule has 0 unspecified atom stereocenters. The van der Waals surface area contributed by atoms with E-state index in [1.807, 2.05) is 0 Å². The zero-order valence-electron chi connectivity index (χ0n) is 10.2. The molecule has 2 nitrogen and oxygen atoms in total. The third-order valence-corrected chi connectivity index (χ3v) is 2.83. The molecule has 0 saturated carbocycles. The first kappa shape index (κ1) is 15.3. The number of ketones is 1. The molecule has 0 saturated heterocycles. The fourth-order valence-corrected chi connectivity index (χ4v) is 1.96. The molecule has 8 heteroatoms. The third kappa shape index (κ3) is 2.98. The highest BCUT2D eigenvalue weighted by Crippen LogP contribution is 2.41. The van der Waals surface area contributed by atoms with Crippen LogP contribution in [0.3, 0.4) is 0 Å². The molecule has 2 rings (SSSR count). The topological polar surface area (TPSA) is 30.0 Å². The molecule has 112 valence electrons. The van der Waals surface area contributed by atoms with Gasteiger partial charge in [0.2, 0.25) is 5.92 Å². The molecule has 0 N–H and O–H groups in total. The van der Waals surface area contributed by atoms with E-state index in [1.165, 1.54) is 30.5 Å². The van der Waals surface area contributed by atoms with E-state index in [0.717, 1.165) is 6.07 Å². The minimum Gasteiger partial charge on any atom is -0.293 e. The first-order valence-electron chi connectivity index (χ1n) is 5.64. The Hall–Kier alpha value is -2.12. The van der Waals surface area contributed by atoms with Gasteiger partial charge in [-0.05, 0) is 12.1 Å². The summed E-state index contributed by atoms with van der Waals surface area (Å²) in [6.07, 6.45) is -10.1. The van der Waals surface area contributed by atoms with E-state index in [-0.39, 0.29) is 10.9 Å². The van der Waals surface area contributed by atoms with Crippen LogP contribution < -0.4 is 0 Å². The molecule has 2 aromatic rings. The van der Waals surface area contributed by atoms with Crippen LogP contribution in [-0.2, 0) is 0 Å². The summed E-state index contributed by atoms with van der Waals surface area (Å²) in [5, 5.41) is -0.0523. The molecule has 0 amide bonds. The third-order valence-electron chi connectivity index (χ3n) is 2.83. The molecule has 0 fully saturated rings. The Kier molecular flexibility index (Phi) is 3.65. The van der Waals surface area contributed by atoms with Crippen molar-refractivity contribution in [3.05, 3.63) is 42.1 Å². The predicted octanol–water partition coefficient (Wildman–Crippen LogP) is 4.16. The van der Waals surface area contributed by atoms with Gasteiger partial charge in [-0.2, -0.15) is 26.3 Å². The molecule has 0 bridgehead atoms. The molecule has 0 atom stereocenters. The highest BCUT2D eigenvalue weighted by Gasteiger charge is 2.61. The molecule has 1 heterocycles. The van der Waals surface area contributed by atoms with Gasteiger partial charge in [0.1, 0.15) is 0 Å². The van der Waals surface area contributed by atoms with E-state index in [0.29, 0.717) is 0 Å². The van der Waals surface area contributed by atoms with Gasteiger partial charge in [-0.1, -0.05) is 18.2 Å². The van der Waals surface area contributed by atoms with E-state index >= 15 is 0 Å². The van der Waals surface area contributed by atoms with Crippen LogP contribution in [-0.4, -0.2) is 23.1 Å². The number of benzene rings is 1. The summed E-state index contributed by atoms with van der Waals surface area (Å²) in [4.78, 5) is 15.6. The second kappa shape index (κ2) is 5.01. The van der Waals surface area contributed by atoms with Gasteiger partial charge in [0.25, 0.3) is 0 Å². The lowest BCUT2D eigenvalue weighted by Gasteiger charge is -2.22. The van der Waals surface area contributed by atoms with Crippen molar-refractivity contribution in [1.29, 1.82) is 0 Å². The van der Waals surface area contributed by atoms with Crippen molar-refractivity contribution in [2.24, 2.45) is 5.92 Å². The summed E-state index contributed by atoms with van der Waals surface area (Å²) >= 11 is 0. The zero-order valence-corrected chi connectivity index (χ0v) is 10.2. The summed E-state index contributed by atoms with van der Waals surface area (Å²) in [7, 11) is 0. The monoisotopic (exact) mass is 307 g/mol. The van der Waals surface area contributed by atoms with Gasteiger partial charge >= 0.3 is 12.4 Å². The molecule has 0 aliphatic heterocycles. The first-order valence-corrected chi connectivity index (χ1v) is 5.64. The van der Waals surface area contributed by atoms with Crippen molar-refractivity contribution in [1.82, 2.24) is 4.98 Å². The molecule has 0 spiro atoms. The van der Waals surface area contributed by atoms with Crippen LogP contribution in [0.2, 0.25) is 0 Å². The van der Waals surface area contributed by atoms with Crippen molar-refractivity contribution < 1.29 is 31.1 Å². The normalized spacial score (nSPS) is 12.9. The molecule has 1 aromatic carbocycles. The maximum atomic E-state index is 12.6. The van der Waals surface area contributed by atoms with Crippen molar-refractivity contribution in [3.63, 3.8) is 0 Å². The number of halogens is 6. The van der Waals surface area contributed by atoms with Gasteiger partial charge in [0.05, 0.1) is 5.52 Å². The Morgan fingerprint density at radius 1 is 0.952 bits per heavy atom. The van der Waals surface area contributed by atoms with Gasteiger partial charge in [0.15, 0.2) is 5.78 Å². The summed E-state index contributed by atoms with van der Waals surface area (Å²) in [5.74, 6) is -6.08. The number of carbonyl (C=O) groups is 1. The summed E-state index contributed by atoms with van der Waals surface area (Å²) < 4.78 is 75.6. The zero-order chi connectivity index (χ0) is 15.8. The Bertz CT molecular complexity index is 657. The van der Waals surface area contributed by atoms with E-state index in [4.69, 9.17) is 0 Å². The lowest BCUT2D eigenvalue weighted by Crippen LogP contribution is -2.42. The Morgan fingerprint density at radius 3 is 2.14 bits per heavy atom. The Balaban J connectivity index is 2.60. The Labute approximate surface area is 114 Å². The minimum absolute atomic E-state index is 0.0523. The Morgan fingerprint density at radius 2 is 1.57 bits per heavy atom. The van der Waals surface area contributed by atoms with E-state index < -0.39 is 29.6 Å². The molecular weight excluding hydrogens is 300 g/mol. The van der Waals surface area contributed by atoms with E-state index in [1.54, 1.807) is 0 Å². The number of rotatable bonds is 2. The van der Waals surface area contributed by atoms with Crippen molar-refractivity contribution in [2.75, 3.05) is 0 Å². The average Bonchev–Trinajstić information content (AvgIpc) is 2.34. The predicted molar refractivity (Wildman–Crippen MR) is 61.7 cm³/mol. The number of hydrogen-bond acceptors (Lipinski definition) is 2. The lowest BCUT2D eigenvalue weighted by atomic mass is 9.93. The van der Waals surface area contributed by atoms with Crippen LogP contribution in [0.25, 0.3) is 10.9 Å². The van der Waals surface area contributed by atoms with Crippen LogP contribution in [0, 0.1) is 5.92 Å². The average molecular weight is 307 g/mol. The molecule has 21 heavy (non-hydrogen) atoms. The maximum Gasteiger partial charge on any atom is 0.407 e. The number of fused-ring (bicyclic) bond motifs is 1. The standard InChI is InChI=1S/C13H7F6NO/c14-12(15,16)11(13(17,18)19)10(21)8-3-1-5-9-7(8)4-2-6-20-9/h1-6,11H. The minimum atomic E-state index is -5.71. The van der Waals surface area contributed by atoms with Crippen LogP contribution >= 0.6 is 0 Å². The van der Waals surface area contributed by atoms with Gasteiger partial charge in [-0.25, -0.2) is 0 Å². The SMILES string of the molecule is O=C(c1cccc2ncccc12)C(C(F)(F)F)C(F)(F)F. The number of carbonyl (C=O) groups excluding carboxylic acids is 1. The van der Waals surface area contributed by atoms with E-state index in [2.05, 4.69) is 4.98 Å². The maximum absolute atomic E-state index is 12.6. The summed E-state index contributed by atoms with van der Waals surface area (Å²) in [6.45, 7) is 0. The van der Waals surface area contributed by atoms with Gasteiger partial charge in [0, 0.05) is 17.1 Å². The number of nitrogens with zero attached hydrogens (tertiary/aromatic N) is 1. The number of aromatic nitrogens is 1. The molecule has 1 aromatic heterocycles. The lowest BCUT2D eigenvalue weighted by molar-refractivity contribution is -0.264. The molecule has 0 aliphatic rings. The smallest absolute Gasteiger partial charge is 0.293 e. The number of Topliss-reactive ketones (excluding diaryl/α,β-unsaturated/α-hetero) is 1. The number of hydrogen-bond donors (Lipinski definition) is 0. The second-order valence-electron chi connectivity index (χ2n) is 4.26. The van der Waals surface area contributed by atoms with Crippen LogP contribution in [0.15, 0.2) is 36.5 Å². The summed E-state index contributed by atoms with van der Waals surface area (Å²) in [6, 6.07) is 6.08. The van der Waals surface area contributed by atoms with Crippen LogP contribution in [0.4, 0.5) is 26.3 Å². The molecular formula is C13H7F6NO. The van der Waals surface area contributed by atoms with Gasteiger partial charge in [-0.3, -0.25) is 9.78 Å². The highest BCUT2D eigenvalue weighted by molar-refractivity contribution is 6.08. The largest absolute Gasteiger partial charge is 0.407 e. The highest BCUT2D eigenvalue weighted by atomic mass is 19.4. The fourth-order valence-electron chi connectivity index (χ4n) is 1.96. The fraction of sp³-hybridized carbons (Fsp3) is 0.231.